The molecule has 3 aromatic rings. The lowest BCUT2D eigenvalue weighted by Gasteiger charge is -2.28. The first-order valence-corrected chi connectivity index (χ1v) is 13.5. The number of ether oxygens (including phenoxy) is 2. The number of hydrogen-bond donors (Lipinski definition) is 1. The number of benzene rings is 3. The zero-order valence-corrected chi connectivity index (χ0v) is 25.0. The second-order valence-corrected chi connectivity index (χ2v) is 10.9. The predicted octanol–water partition coefficient (Wildman–Crippen LogP) is 5.67. The van der Waals surface area contributed by atoms with E-state index in [0.717, 1.165) is 12.1 Å². The highest BCUT2D eigenvalue weighted by Crippen LogP contribution is 2.39. The van der Waals surface area contributed by atoms with Crippen LogP contribution >= 0.6 is 0 Å². The molecule has 1 aliphatic rings. The van der Waals surface area contributed by atoms with Crippen LogP contribution in [0.2, 0.25) is 0 Å². The van der Waals surface area contributed by atoms with Crippen LogP contribution in [0.1, 0.15) is 43.0 Å². The number of nitrogens with one attached hydrogen (secondary N) is 1. The standard InChI is InChI=1S/C32H29F3N4O6/c1-30(2)26(40)39(23-15-10-19(17-36)24(16-23)32(33,34)35)29(43)38(30)18-20-8-6-7-9-25(20)37-22-13-11-21(12-14-22)31(3,27(41)44-4)28(42)45-5/h6-16,37H,18H2,1-5H3. The SMILES string of the molecule is COC(=O)C(C)(C(=O)OC)c1ccc(Nc2ccccc2CN2C(=O)N(c3ccc(C#N)c(C(F)(F)F)c3)C(=O)C2(C)C)cc1. The molecule has 4 rings (SSSR count). The van der Waals surface area contributed by atoms with Crippen LogP contribution in [0.15, 0.2) is 66.7 Å². The zero-order valence-electron chi connectivity index (χ0n) is 25.0. The molecule has 1 heterocycles. The third kappa shape index (κ3) is 5.78. The first-order valence-electron chi connectivity index (χ1n) is 13.5. The van der Waals surface area contributed by atoms with E-state index in [2.05, 4.69) is 5.32 Å². The van der Waals surface area contributed by atoms with Crippen LogP contribution in [0.25, 0.3) is 0 Å². The summed E-state index contributed by atoms with van der Waals surface area (Å²) in [5.74, 6) is -2.32. The van der Waals surface area contributed by atoms with Gasteiger partial charge in [-0.2, -0.15) is 18.4 Å². The monoisotopic (exact) mass is 622 g/mol. The van der Waals surface area contributed by atoms with Crippen molar-refractivity contribution in [3.05, 3.63) is 89.0 Å². The maximum atomic E-state index is 13.6. The maximum Gasteiger partial charge on any atom is 0.417 e. The Balaban J connectivity index is 1.63. The number of esters is 2. The predicted molar refractivity (Wildman–Crippen MR) is 156 cm³/mol. The summed E-state index contributed by atoms with van der Waals surface area (Å²) in [5, 5.41) is 12.3. The number of nitrogens with zero attached hydrogens (tertiary/aromatic N) is 3. The summed E-state index contributed by atoms with van der Waals surface area (Å²) in [7, 11) is 2.33. The quantitative estimate of drug-likeness (QED) is 0.193. The summed E-state index contributed by atoms with van der Waals surface area (Å²) in [5.41, 5.74) is -3.27. The molecule has 0 atom stereocenters. The van der Waals surface area contributed by atoms with Gasteiger partial charge in [-0.25, -0.2) is 9.69 Å². The lowest BCUT2D eigenvalue weighted by molar-refractivity contribution is -0.161. The first kappa shape index (κ1) is 32.5. The molecule has 13 heteroatoms. The average molecular weight is 623 g/mol. The first-order chi connectivity index (χ1) is 21.1. The van der Waals surface area contributed by atoms with Crippen molar-refractivity contribution in [2.75, 3.05) is 24.4 Å². The molecule has 0 unspecified atom stereocenters. The van der Waals surface area contributed by atoms with Crippen molar-refractivity contribution in [2.45, 2.75) is 44.4 Å². The highest BCUT2D eigenvalue weighted by atomic mass is 19.4. The van der Waals surface area contributed by atoms with Gasteiger partial charge in [-0.3, -0.25) is 14.4 Å². The van der Waals surface area contributed by atoms with Gasteiger partial charge >= 0.3 is 24.1 Å². The van der Waals surface area contributed by atoms with E-state index in [1.54, 1.807) is 48.5 Å². The van der Waals surface area contributed by atoms with Crippen LogP contribution in [0, 0.1) is 11.3 Å². The number of hydrogen-bond acceptors (Lipinski definition) is 8. The van der Waals surface area contributed by atoms with Crippen LogP contribution in [0.5, 0.6) is 0 Å². The molecule has 1 fully saturated rings. The van der Waals surface area contributed by atoms with Gasteiger partial charge in [0.1, 0.15) is 5.54 Å². The number of urea groups is 1. The largest absolute Gasteiger partial charge is 0.468 e. The fourth-order valence-corrected chi connectivity index (χ4v) is 5.05. The van der Waals surface area contributed by atoms with Gasteiger partial charge in [0.25, 0.3) is 5.91 Å². The van der Waals surface area contributed by atoms with Crippen LogP contribution in [0.3, 0.4) is 0 Å². The Morgan fingerprint density at radius 2 is 1.56 bits per heavy atom. The summed E-state index contributed by atoms with van der Waals surface area (Å²) in [6, 6.07) is 16.7. The highest BCUT2D eigenvalue weighted by Gasteiger charge is 2.52. The van der Waals surface area contributed by atoms with E-state index >= 15 is 0 Å². The lowest BCUT2D eigenvalue weighted by atomic mass is 9.82. The topological polar surface area (TPSA) is 129 Å². The van der Waals surface area contributed by atoms with Crippen LogP contribution in [-0.2, 0) is 42.0 Å². The van der Waals surface area contributed by atoms with E-state index < -0.39 is 52.1 Å². The van der Waals surface area contributed by atoms with Gasteiger partial charge in [0.2, 0.25) is 0 Å². The number of halogens is 3. The van der Waals surface area contributed by atoms with Crippen LogP contribution in [-0.4, -0.2) is 48.5 Å². The molecular weight excluding hydrogens is 593 g/mol. The molecule has 10 nitrogen and oxygen atoms in total. The van der Waals surface area contributed by atoms with Crippen molar-refractivity contribution in [1.82, 2.24) is 4.90 Å². The van der Waals surface area contributed by atoms with Gasteiger partial charge in [-0.05, 0) is 68.3 Å². The van der Waals surface area contributed by atoms with Gasteiger partial charge in [-0.15, -0.1) is 0 Å². The van der Waals surface area contributed by atoms with Crippen molar-refractivity contribution < 1.29 is 41.8 Å². The van der Waals surface area contributed by atoms with Crippen LogP contribution < -0.4 is 10.2 Å². The summed E-state index contributed by atoms with van der Waals surface area (Å²) in [6.45, 7) is 4.30. The van der Waals surface area contributed by atoms with E-state index in [-0.39, 0.29) is 12.2 Å². The Morgan fingerprint density at radius 3 is 2.11 bits per heavy atom. The molecule has 1 aliphatic heterocycles. The van der Waals surface area contributed by atoms with Gasteiger partial charge in [0.05, 0.1) is 43.6 Å². The van der Waals surface area contributed by atoms with Gasteiger partial charge in [0.15, 0.2) is 5.41 Å². The fraction of sp³-hybridized carbons (Fsp3) is 0.281. The molecule has 0 radical (unpaired) electrons. The van der Waals surface area contributed by atoms with Crippen molar-refractivity contribution in [3.63, 3.8) is 0 Å². The molecule has 3 amide bonds. The molecule has 45 heavy (non-hydrogen) atoms. The number of para-hydroxylation sites is 1. The van der Waals surface area contributed by atoms with E-state index in [1.807, 2.05) is 0 Å². The number of imide groups is 1. The molecule has 3 aromatic carbocycles. The minimum atomic E-state index is -4.87. The Labute approximate surface area is 256 Å². The third-order valence-corrected chi connectivity index (χ3v) is 7.79. The maximum absolute atomic E-state index is 13.6. The van der Waals surface area contributed by atoms with E-state index in [1.165, 1.54) is 46.0 Å². The normalized spacial score (nSPS) is 14.6. The Hall–Kier alpha value is -5.38. The second-order valence-electron chi connectivity index (χ2n) is 10.9. The lowest BCUT2D eigenvalue weighted by Crippen LogP contribution is -2.43. The zero-order chi connectivity index (χ0) is 33.3. The molecule has 0 bridgehead atoms. The Kier molecular flexibility index (Phi) is 8.64. The molecule has 1 saturated heterocycles. The van der Waals surface area contributed by atoms with E-state index in [0.29, 0.717) is 33.5 Å². The van der Waals surface area contributed by atoms with Crippen LogP contribution in [0.4, 0.5) is 35.0 Å². The number of carbonyl (C=O) groups is 4. The van der Waals surface area contributed by atoms with Crippen molar-refractivity contribution in [2.24, 2.45) is 0 Å². The smallest absolute Gasteiger partial charge is 0.417 e. The Bertz CT molecular complexity index is 1700. The molecule has 234 valence electrons. The summed E-state index contributed by atoms with van der Waals surface area (Å²) >= 11 is 0. The number of alkyl halides is 3. The molecular formula is C32H29F3N4O6. The number of methoxy groups -OCH3 is 2. The number of nitriles is 1. The summed E-state index contributed by atoms with van der Waals surface area (Å²) < 4.78 is 50.5. The van der Waals surface area contributed by atoms with Crippen molar-refractivity contribution in [1.29, 1.82) is 5.26 Å². The number of anilines is 3. The number of carbonyl (C=O) groups excluding carboxylic acids is 4. The fourth-order valence-electron chi connectivity index (χ4n) is 5.05. The third-order valence-electron chi connectivity index (χ3n) is 7.79. The molecule has 0 aromatic heterocycles. The van der Waals surface area contributed by atoms with E-state index in [4.69, 9.17) is 14.7 Å². The van der Waals surface area contributed by atoms with Crippen molar-refractivity contribution >= 4 is 40.9 Å². The molecule has 1 N–H and O–H groups in total. The second kappa shape index (κ2) is 12.0. The Morgan fingerprint density at radius 1 is 0.956 bits per heavy atom. The number of rotatable bonds is 8. The minimum absolute atomic E-state index is 0.0828. The van der Waals surface area contributed by atoms with Gasteiger partial charge in [-0.1, -0.05) is 30.3 Å². The summed E-state index contributed by atoms with van der Waals surface area (Å²) in [4.78, 5) is 53.9. The minimum Gasteiger partial charge on any atom is -0.468 e. The van der Waals surface area contributed by atoms with E-state index in [9.17, 15) is 32.3 Å². The average Bonchev–Trinajstić information content (AvgIpc) is 3.18. The molecule has 0 saturated carbocycles. The van der Waals surface area contributed by atoms with Gasteiger partial charge < -0.3 is 19.7 Å². The van der Waals surface area contributed by atoms with Gasteiger partial charge in [0, 0.05) is 11.4 Å². The van der Waals surface area contributed by atoms with Crippen molar-refractivity contribution in [3.8, 4) is 6.07 Å². The highest BCUT2D eigenvalue weighted by molar-refractivity contribution is 6.23. The molecule has 0 aliphatic carbocycles. The summed E-state index contributed by atoms with van der Waals surface area (Å²) in [6.07, 6.45) is -4.87. The molecule has 0 spiro atoms. The number of amides is 3.